The van der Waals surface area contributed by atoms with Crippen molar-refractivity contribution in [1.29, 1.82) is 0 Å². The third kappa shape index (κ3) is 4.22. The second-order valence-corrected chi connectivity index (χ2v) is 11.5. The number of hydrogen-bond donors (Lipinski definition) is 1. The maximum Gasteiger partial charge on any atom is 0.230 e. The quantitative estimate of drug-likeness (QED) is 0.374. The number of nitrogens with one attached hydrogen (secondary N) is 1. The highest BCUT2D eigenvalue weighted by molar-refractivity contribution is 7.22. The molecule has 164 valence electrons. The van der Waals surface area contributed by atoms with Crippen LogP contribution in [0.2, 0.25) is 0 Å². The van der Waals surface area contributed by atoms with Gasteiger partial charge in [-0.25, -0.2) is 4.98 Å². The van der Waals surface area contributed by atoms with Crippen LogP contribution in [0.4, 0.5) is 5.00 Å². The van der Waals surface area contributed by atoms with Crippen LogP contribution in [0.15, 0.2) is 54.6 Å². The van der Waals surface area contributed by atoms with Gasteiger partial charge in [0.15, 0.2) is 0 Å². The molecule has 4 aromatic rings. The zero-order chi connectivity index (χ0) is 22.3. The lowest BCUT2D eigenvalue weighted by molar-refractivity contribution is -0.123. The average Bonchev–Trinajstić information content (AvgIpc) is 3.34. The van der Waals surface area contributed by atoms with E-state index in [0.717, 1.165) is 47.1 Å². The first-order valence-corrected chi connectivity index (χ1v) is 12.6. The van der Waals surface area contributed by atoms with Crippen molar-refractivity contribution in [1.82, 2.24) is 9.88 Å². The highest BCUT2D eigenvalue weighted by atomic mass is 32.1. The average molecular weight is 462 g/mol. The molecule has 32 heavy (non-hydrogen) atoms. The summed E-state index contributed by atoms with van der Waals surface area (Å²) in [6, 6.07) is 18.9. The minimum Gasteiger partial charge on any atom is -0.317 e. The van der Waals surface area contributed by atoms with Crippen LogP contribution in [0.3, 0.4) is 0 Å². The Labute approximate surface area is 196 Å². The first-order valence-electron chi connectivity index (χ1n) is 11.0. The number of benzene rings is 2. The third-order valence-electron chi connectivity index (χ3n) is 5.80. The Hall–Kier alpha value is -2.54. The van der Waals surface area contributed by atoms with Crippen molar-refractivity contribution >= 4 is 43.8 Å². The van der Waals surface area contributed by atoms with Gasteiger partial charge in [-0.1, -0.05) is 63.2 Å². The van der Waals surface area contributed by atoms with E-state index < -0.39 is 5.41 Å². The van der Waals surface area contributed by atoms with Crippen LogP contribution in [0, 0.1) is 5.41 Å². The highest BCUT2D eigenvalue weighted by Crippen LogP contribution is 2.46. The Bertz CT molecular complexity index is 1230. The Morgan fingerprint density at radius 1 is 1.06 bits per heavy atom. The molecular weight excluding hydrogens is 434 g/mol. The summed E-state index contributed by atoms with van der Waals surface area (Å²) in [6.45, 7) is 8.71. The number of fused-ring (bicyclic) bond motifs is 2. The number of thiophene rings is 1. The van der Waals surface area contributed by atoms with Crippen LogP contribution in [0.1, 0.15) is 36.8 Å². The first kappa shape index (κ1) is 21.3. The van der Waals surface area contributed by atoms with Crippen LogP contribution in [0.25, 0.3) is 20.8 Å². The summed E-state index contributed by atoms with van der Waals surface area (Å²) in [6.07, 6.45) is 0.968. The topological polar surface area (TPSA) is 45.2 Å². The van der Waals surface area contributed by atoms with Gasteiger partial charge in [-0.05, 0) is 29.7 Å². The summed E-state index contributed by atoms with van der Waals surface area (Å²) >= 11 is 3.43. The molecule has 5 rings (SSSR count). The predicted octanol–water partition coefficient (Wildman–Crippen LogP) is 6.57. The zero-order valence-corrected chi connectivity index (χ0v) is 20.3. The second kappa shape index (κ2) is 8.43. The van der Waals surface area contributed by atoms with Gasteiger partial charge in [0, 0.05) is 35.5 Å². The minimum absolute atomic E-state index is 0.0413. The van der Waals surface area contributed by atoms with Gasteiger partial charge in [0.1, 0.15) is 10.0 Å². The molecule has 2 aromatic carbocycles. The van der Waals surface area contributed by atoms with E-state index in [1.165, 1.54) is 20.7 Å². The molecule has 0 radical (unpaired) electrons. The summed E-state index contributed by atoms with van der Waals surface area (Å²) in [5.74, 6) is 0.0413. The molecule has 0 spiro atoms. The number of para-hydroxylation sites is 1. The van der Waals surface area contributed by atoms with Gasteiger partial charge >= 0.3 is 0 Å². The summed E-state index contributed by atoms with van der Waals surface area (Å²) in [4.78, 5) is 21.6. The van der Waals surface area contributed by atoms with E-state index in [0.29, 0.717) is 0 Å². The van der Waals surface area contributed by atoms with E-state index in [4.69, 9.17) is 4.98 Å². The van der Waals surface area contributed by atoms with Crippen LogP contribution in [0.5, 0.6) is 0 Å². The largest absolute Gasteiger partial charge is 0.317 e. The van der Waals surface area contributed by atoms with Gasteiger partial charge in [0.05, 0.1) is 10.2 Å². The summed E-state index contributed by atoms with van der Waals surface area (Å²) in [7, 11) is 0. The van der Waals surface area contributed by atoms with Gasteiger partial charge in [-0.2, -0.15) is 0 Å². The molecular formula is C26H27N3OS2. The number of thiazole rings is 1. The molecule has 0 saturated carbocycles. The number of carbonyl (C=O) groups excluding carboxylic acids is 1. The molecule has 2 aromatic heterocycles. The smallest absolute Gasteiger partial charge is 0.230 e. The van der Waals surface area contributed by atoms with Crippen LogP contribution < -0.4 is 5.32 Å². The van der Waals surface area contributed by atoms with Crippen molar-refractivity contribution in [2.75, 3.05) is 11.9 Å². The van der Waals surface area contributed by atoms with Crippen molar-refractivity contribution in [3.63, 3.8) is 0 Å². The Morgan fingerprint density at radius 2 is 1.81 bits per heavy atom. The van der Waals surface area contributed by atoms with Crippen molar-refractivity contribution in [2.24, 2.45) is 5.41 Å². The lowest BCUT2D eigenvalue weighted by Gasteiger charge is -2.27. The van der Waals surface area contributed by atoms with Gasteiger partial charge < -0.3 is 5.32 Å². The SMILES string of the molecule is CC(C)(C)C(=O)Nc1sc2c(c1-c1nc3ccccc3s1)CCN(Cc1ccccc1)C2. The summed E-state index contributed by atoms with van der Waals surface area (Å²) < 4.78 is 1.18. The van der Waals surface area contributed by atoms with Crippen LogP contribution in [-0.2, 0) is 24.3 Å². The monoisotopic (exact) mass is 461 g/mol. The van der Waals surface area contributed by atoms with Crippen LogP contribution >= 0.6 is 22.7 Å². The molecule has 0 fully saturated rings. The molecule has 1 aliphatic heterocycles. The van der Waals surface area contributed by atoms with Crippen molar-refractivity contribution < 1.29 is 4.79 Å². The Kier molecular flexibility index (Phi) is 5.61. The maximum atomic E-state index is 12.9. The van der Waals surface area contributed by atoms with Gasteiger partial charge in [0.25, 0.3) is 0 Å². The minimum atomic E-state index is -0.450. The molecule has 1 amide bonds. The zero-order valence-electron chi connectivity index (χ0n) is 18.6. The maximum absolute atomic E-state index is 12.9. The number of aromatic nitrogens is 1. The molecule has 0 bridgehead atoms. The fraction of sp³-hybridized carbons (Fsp3) is 0.308. The molecule has 0 saturated heterocycles. The Morgan fingerprint density at radius 3 is 2.56 bits per heavy atom. The van der Waals surface area contributed by atoms with Gasteiger partial charge in [0.2, 0.25) is 5.91 Å². The molecule has 1 aliphatic rings. The number of hydrogen-bond acceptors (Lipinski definition) is 5. The van der Waals surface area contributed by atoms with E-state index >= 15 is 0 Å². The molecule has 0 aliphatic carbocycles. The van der Waals surface area contributed by atoms with E-state index in [9.17, 15) is 4.79 Å². The number of rotatable bonds is 4. The number of carbonyl (C=O) groups is 1. The van der Waals surface area contributed by atoms with Crippen LogP contribution in [-0.4, -0.2) is 22.3 Å². The third-order valence-corrected chi connectivity index (χ3v) is 7.99. The predicted molar refractivity (Wildman–Crippen MR) is 135 cm³/mol. The molecule has 6 heteroatoms. The molecule has 1 N–H and O–H groups in total. The van der Waals surface area contributed by atoms with Gasteiger partial charge in [-0.15, -0.1) is 22.7 Å². The first-order chi connectivity index (χ1) is 15.4. The lowest BCUT2D eigenvalue weighted by atomic mass is 9.95. The number of anilines is 1. The Balaban J connectivity index is 1.52. The van der Waals surface area contributed by atoms with Crippen molar-refractivity contribution in [2.45, 2.75) is 40.3 Å². The second-order valence-electron chi connectivity index (χ2n) is 9.35. The van der Waals surface area contributed by atoms with E-state index in [2.05, 4.69) is 58.7 Å². The highest BCUT2D eigenvalue weighted by Gasteiger charge is 2.30. The molecule has 0 atom stereocenters. The summed E-state index contributed by atoms with van der Waals surface area (Å²) in [5, 5.41) is 5.19. The summed E-state index contributed by atoms with van der Waals surface area (Å²) in [5.41, 5.74) is 4.38. The lowest BCUT2D eigenvalue weighted by Crippen LogP contribution is -2.29. The molecule has 4 nitrogen and oxygen atoms in total. The standard InChI is InChI=1S/C26H27N3OS2/c1-26(2,3)25(30)28-24-22(23-27-19-11-7-8-12-20(19)31-23)18-13-14-29(16-21(18)32-24)15-17-9-5-4-6-10-17/h4-12H,13-16H2,1-3H3,(H,28,30). The fourth-order valence-electron chi connectivity index (χ4n) is 4.02. The van der Waals surface area contributed by atoms with E-state index in [1.54, 1.807) is 22.7 Å². The fourth-order valence-corrected chi connectivity index (χ4v) is 6.41. The van der Waals surface area contributed by atoms with Crippen molar-refractivity contribution in [3.8, 4) is 10.6 Å². The number of amides is 1. The normalized spacial score (nSPS) is 14.5. The molecule has 3 heterocycles. The molecule has 0 unspecified atom stereocenters. The number of nitrogens with zero attached hydrogens (tertiary/aromatic N) is 2. The van der Waals surface area contributed by atoms with E-state index in [-0.39, 0.29) is 5.91 Å². The van der Waals surface area contributed by atoms with Gasteiger partial charge in [-0.3, -0.25) is 9.69 Å². The van der Waals surface area contributed by atoms with Crippen molar-refractivity contribution in [3.05, 3.63) is 70.6 Å². The van der Waals surface area contributed by atoms with E-state index in [1.807, 2.05) is 26.8 Å².